The molecule has 0 unspecified atom stereocenters. The maximum absolute atomic E-state index is 4.43. The van der Waals surface area contributed by atoms with E-state index in [0.717, 1.165) is 5.52 Å². The van der Waals surface area contributed by atoms with Crippen LogP contribution in [0.1, 0.15) is 30.9 Å². The summed E-state index contributed by atoms with van der Waals surface area (Å²) in [5, 5.41) is 5.72. The van der Waals surface area contributed by atoms with Crippen LogP contribution in [0.4, 0.5) is 0 Å². The predicted molar refractivity (Wildman–Crippen MR) is 59.5 cm³/mol. The lowest BCUT2D eigenvalue weighted by Crippen LogP contribution is -1.89. The summed E-state index contributed by atoms with van der Waals surface area (Å²) >= 11 is 0. The molecular formula is C12H16N2. The van der Waals surface area contributed by atoms with Crippen LogP contribution in [0.2, 0.25) is 0 Å². The van der Waals surface area contributed by atoms with Crippen LogP contribution in [-0.2, 0) is 7.05 Å². The normalized spacial score (nSPS) is 11.5. The smallest absolute Gasteiger partial charge is 0.0928 e. The minimum absolute atomic E-state index is 0.557. The molecule has 1 aromatic carbocycles. The van der Waals surface area contributed by atoms with Crippen molar-refractivity contribution in [2.24, 2.45) is 7.05 Å². The van der Waals surface area contributed by atoms with Crippen LogP contribution in [0.25, 0.3) is 10.9 Å². The molecule has 0 bridgehead atoms. The molecular weight excluding hydrogens is 172 g/mol. The number of nitrogens with zero attached hydrogens (tertiary/aromatic N) is 2. The fraction of sp³-hybridized carbons (Fsp3) is 0.417. The summed E-state index contributed by atoms with van der Waals surface area (Å²) in [6.07, 6.45) is 2.10. The minimum Gasteiger partial charge on any atom is -0.275 e. The Morgan fingerprint density at radius 3 is 2.64 bits per heavy atom. The van der Waals surface area contributed by atoms with E-state index in [9.17, 15) is 0 Å². The van der Waals surface area contributed by atoms with Gasteiger partial charge >= 0.3 is 0 Å². The van der Waals surface area contributed by atoms with E-state index in [0.29, 0.717) is 5.92 Å². The highest BCUT2D eigenvalue weighted by molar-refractivity contribution is 5.83. The van der Waals surface area contributed by atoms with Gasteiger partial charge in [-0.3, -0.25) is 4.68 Å². The van der Waals surface area contributed by atoms with Gasteiger partial charge in [-0.25, -0.2) is 0 Å². The number of aromatic nitrogens is 2. The van der Waals surface area contributed by atoms with Crippen molar-refractivity contribution in [3.63, 3.8) is 0 Å². The largest absolute Gasteiger partial charge is 0.275 e. The first kappa shape index (κ1) is 9.25. The molecule has 2 nitrogen and oxygen atoms in total. The predicted octanol–water partition coefficient (Wildman–Crippen LogP) is 3.01. The molecule has 74 valence electrons. The van der Waals surface area contributed by atoms with Crippen molar-refractivity contribution in [2.75, 3.05) is 0 Å². The molecule has 0 atom stereocenters. The van der Waals surface area contributed by atoms with Crippen molar-refractivity contribution in [2.45, 2.75) is 26.7 Å². The van der Waals surface area contributed by atoms with E-state index in [-0.39, 0.29) is 0 Å². The molecule has 1 heterocycles. The Balaban J connectivity index is 2.79. The van der Waals surface area contributed by atoms with Crippen molar-refractivity contribution in [3.05, 3.63) is 29.5 Å². The second-order valence-corrected chi connectivity index (χ2v) is 4.24. The molecule has 0 aliphatic heterocycles. The standard InChI is InChI=1S/C12H16N2/c1-8(2)10-5-9(3)6-12-11(10)7-14(4)13-12/h5-8H,1-4H3. The second-order valence-electron chi connectivity index (χ2n) is 4.24. The average molecular weight is 188 g/mol. The quantitative estimate of drug-likeness (QED) is 0.672. The SMILES string of the molecule is Cc1cc(C(C)C)c2cn(C)nc2c1. The van der Waals surface area contributed by atoms with Gasteiger partial charge in [0, 0.05) is 18.6 Å². The molecule has 0 amide bonds. The molecule has 2 aromatic rings. The maximum atomic E-state index is 4.43. The van der Waals surface area contributed by atoms with Gasteiger partial charge in [0.2, 0.25) is 0 Å². The third kappa shape index (κ3) is 1.41. The fourth-order valence-corrected chi connectivity index (χ4v) is 1.89. The highest BCUT2D eigenvalue weighted by Gasteiger charge is 2.08. The molecule has 0 saturated heterocycles. The van der Waals surface area contributed by atoms with Crippen LogP contribution in [0.3, 0.4) is 0 Å². The van der Waals surface area contributed by atoms with E-state index in [1.165, 1.54) is 16.5 Å². The summed E-state index contributed by atoms with van der Waals surface area (Å²) in [4.78, 5) is 0. The van der Waals surface area contributed by atoms with Gasteiger partial charge in [0.25, 0.3) is 0 Å². The van der Waals surface area contributed by atoms with Crippen molar-refractivity contribution in [1.82, 2.24) is 9.78 Å². The zero-order valence-electron chi connectivity index (χ0n) is 9.20. The third-order valence-electron chi connectivity index (χ3n) is 2.54. The van der Waals surface area contributed by atoms with E-state index < -0.39 is 0 Å². The van der Waals surface area contributed by atoms with E-state index in [4.69, 9.17) is 0 Å². The highest BCUT2D eigenvalue weighted by atomic mass is 15.2. The van der Waals surface area contributed by atoms with Crippen LogP contribution < -0.4 is 0 Å². The minimum atomic E-state index is 0.557. The summed E-state index contributed by atoms with van der Waals surface area (Å²) in [6, 6.07) is 4.40. The Morgan fingerprint density at radius 1 is 1.29 bits per heavy atom. The molecule has 0 aliphatic carbocycles. The van der Waals surface area contributed by atoms with Gasteiger partial charge in [0.1, 0.15) is 0 Å². The first-order valence-corrected chi connectivity index (χ1v) is 5.02. The summed E-state index contributed by atoms with van der Waals surface area (Å²) < 4.78 is 1.88. The van der Waals surface area contributed by atoms with Crippen molar-refractivity contribution in [1.29, 1.82) is 0 Å². The maximum Gasteiger partial charge on any atom is 0.0928 e. The van der Waals surface area contributed by atoms with Gasteiger partial charge in [0.15, 0.2) is 0 Å². The van der Waals surface area contributed by atoms with Crippen LogP contribution in [0.15, 0.2) is 18.3 Å². The topological polar surface area (TPSA) is 17.8 Å². The Labute approximate surface area is 84.5 Å². The lowest BCUT2D eigenvalue weighted by molar-refractivity contribution is 0.779. The number of hydrogen-bond acceptors (Lipinski definition) is 1. The molecule has 14 heavy (non-hydrogen) atoms. The van der Waals surface area contributed by atoms with Crippen molar-refractivity contribution < 1.29 is 0 Å². The Morgan fingerprint density at radius 2 is 2.00 bits per heavy atom. The summed E-state index contributed by atoms with van der Waals surface area (Å²) in [7, 11) is 1.97. The zero-order valence-corrected chi connectivity index (χ0v) is 9.20. The number of benzene rings is 1. The molecule has 2 rings (SSSR count). The van der Waals surface area contributed by atoms with E-state index in [1.54, 1.807) is 0 Å². The van der Waals surface area contributed by atoms with Crippen molar-refractivity contribution in [3.8, 4) is 0 Å². The lowest BCUT2D eigenvalue weighted by Gasteiger charge is -2.07. The summed E-state index contributed by atoms with van der Waals surface area (Å²) in [5.74, 6) is 0.557. The molecule has 0 spiro atoms. The molecule has 0 radical (unpaired) electrons. The van der Waals surface area contributed by atoms with Crippen LogP contribution in [-0.4, -0.2) is 9.78 Å². The third-order valence-corrected chi connectivity index (χ3v) is 2.54. The number of rotatable bonds is 1. The highest BCUT2D eigenvalue weighted by Crippen LogP contribution is 2.25. The average Bonchev–Trinajstić information content (AvgIpc) is 2.42. The van der Waals surface area contributed by atoms with Gasteiger partial charge in [-0.15, -0.1) is 0 Å². The van der Waals surface area contributed by atoms with Gasteiger partial charge in [-0.2, -0.15) is 5.10 Å². The van der Waals surface area contributed by atoms with E-state index in [2.05, 4.69) is 44.2 Å². The lowest BCUT2D eigenvalue weighted by atomic mass is 9.97. The first-order valence-electron chi connectivity index (χ1n) is 5.02. The molecule has 2 heteroatoms. The van der Waals surface area contributed by atoms with Gasteiger partial charge in [0.05, 0.1) is 5.52 Å². The number of hydrogen-bond donors (Lipinski definition) is 0. The van der Waals surface area contributed by atoms with Crippen LogP contribution in [0.5, 0.6) is 0 Å². The first-order chi connectivity index (χ1) is 6.58. The van der Waals surface area contributed by atoms with Gasteiger partial charge < -0.3 is 0 Å². The monoisotopic (exact) mass is 188 g/mol. The molecule has 1 aromatic heterocycles. The fourth-order valence-electron chi connectivity index (χ4n) is 1.89. The second kappa shape index (κ2) is 3.12. The zero-order chi connectivity index (χ0) is 10.3. The number of aryl methyl sites for hydroxylation is 2. The molecule has 0 N–H and O–H groups in total. The summed E-state index contributed by atoms with van der Waals surface area (Å²) in [5.41, 5.74) is 3.80. The van der Waals surface area contributed by atoms with Crippen LogP contribution in [0, 0.1) is 6.92 Å². The van der Waals surface area contributed by atoms with E-state index >= 15 is 0 Å². The van der Waals surface area contributed by atoms with E-state index in [1.807, 2.05) is 11.7 Å². The van der Waals surface area contributed by atoms with Crippen LogP contribution >= 0.6 is 0 Å². The molecule has 0 saturated carbocycles. The molecule has 0 aliphatic rings. The van der Waals surface area contributed by atoms with Gasteiger partial charge in [-0.1, -0.05) is 19.9 Å². The Hall–Kier alpha value is -1.31. The Bertz CT molecular complexity index is 466. The Kier molecular flexibility index (Phi) is 2.06. The number of fused-ring (bicyclic) bond motifs is 1. The van der Waals surface area contributed by atoms with Gasteiger partial charge in [-0.05, 0) is 30.0 Å². The summed E-state index contributed by atoms with van der Waals surface area (Å²) in [6.45, 7) is 6.57. The molecule has 0 fully saturated rings. The van der Waals surface area contributed by atoms with Crippen molar-refractivity contribution >= 4 is 10.9 Å².